The molecule has 0 spiro atoms. The number of hydrogen-bond donors (Lipinski definition) is 0. The first-order valence-corrected chi connectivity index (χ1v) is 4.54. The Bertz CT molecular complexity index is 389. The summed E-state index contributed by atoms with van der Waals surface area (Å²) < 4.78 is 1.01. The minimum Gasteiger partial charge on any atom is -0.193 e. The summed E-state index contributed by atoms with van der Waals surface area (Å²) in [5.74, 6) is 0. The Morgan fingerprint density at radius 3 is 2.83 bits per heavy atom. The largest absolute Gasteiger partial charge is 0.193 e. The van der Waals surface area contributed by atoms with E-state index in [1.807, 2.05) is 12.1 Å². The predicted molar refractivity (Wildman–Crippen MR) is 58.6 cm³/mol. The molecule has 0 saturated carbocycles. The van der Waals surface area contributed by atoms with Gasteiger partial charge in [-0.05, 0) is 53.0 Å². The smallest absolute Gasteiger partial charge is 0.101 e. The molecule has 58 valence electrons. The number of thiocarbonyl (C=S) groups is 1. The molecule has 1 aromatic carbocycles. The van der Waals surface area contributed by atoms with Crippen molar-refractivity contribution in [1.29, 1.82) is 5.26 Å². The van der Waals surface area contributed by atoms with E-state index < -0.39 is 0 Å². The second-order valence-corrected chi connectivity index (χ2v) is 3.40. The highest BCUT2D eigenvalue weighted by molar-refractivity contribution is 14.1. The van der Waals surface area contributed by atoms with Gasteiger partial charge in [-0.3, -0.25) is 0 Å². The Morgan fingerprint density at radius 2 is 2.25 bits per heavy atom. The summed E-state index contributed by atoms with van der Waals surface area (Å²) in [6.07, 6.45) is 0. The molecule has 0 atom stereocenters. The van der Waals surface area contributed by atoms with E-state index in [4.69, 9.17) is 5.26 Å². The molecule has 0 aliphatic heterocycles. The van der Waals surface area contributed by atoms with Gasteiger partial charge in [0.15, 0.2) is 0 Å². The minimum absolute atomic E-state index is 0.527. The zero-order valence-corrected chi connectivity index (χ0v) is 8.89. The molecule has 0 saturated heterocycles. The van der Waals surface area contributed by atoms with Crippen molar-refractivity contribution in [3.05, 3.63) is 27.3 Å². The number of nitrogens with zero attached hydrogens (tertiary/aromatic N) is 2. The van der Waals surface area contributed by atoms with E-state index in [2.05, 4.69) is 45.0 Å². The monoisotopic (exact) mass is 286 g/mol. The van der Waals surface area contributed by atoms with Gasteiger partial charge in [-0.15, -0.1) is 0 Å². The summed E-state index contributed by atoms with van der Waals surface area (Å²) in [5.41, 5.74) is 1.10. The summed E-state index contributed by atoms with van der Waals surface area (Å²) >= 11 is 6.58. The normalized spacial score (nSPS) is 8.33. The van der Waals surface area contributed by atoms with Crippen LogP contribution in [0.1, 0.15) is 5.56 Å². The first-order valence-electron chi connectivity index (χ1n) is 3.05. The van der Waals surface area contributed by atoms with E-state index in [0.29, 0.717) is 11.3 Å². The van der Waals surface area contributed by atoms with Crippen molar-refractivity contribution >= 4 is 45.7 Å². The SMILES string of the molecule is N#Cc1cc(I)ccc1N=C=S. The molecule has 0 bridgehead atoms. The van der Waals surface area contributed by atoms with Gasteiger partial charge in [-0.25, -0.2) is 0 Å². The maximum absolute atomic E-state index is 8.69. The maximum atomic E-state index is 8.69. The van der Waals surface area contributed by atoms with Crippen LogP contribution in [-0.4, -0.2) is 5.16 Å². The first kappa shape index (κ1) is 9.33. The van der Waals surface area contributed by atoms with Crippen LogP contribution in [0, 0.1) is 14.9 Å². The van der Waals surface area contributed by atoms with Crippen LogP contribution in [0.3, 0.4) is 0 Å². The molecular weight excluding hydrogens is 283 g/mol. The fourth-order valence-corrected chi connectivity index (χ4v) is 1.33. The van der Waals surface area contributed by atoms with Crippen LogP contribution in [0.2, 0.25) is 0 Å². The van der Waals surface area contributed by atoms with Crippen LogP contribution in [0.5, 0.6) is 0 Å². The van der Waals surface area contributed by atoms with Gasteiger partial charge >= 0.3 is 0 Å². The van der Waals surface area contributed by atoms with Gasteiger partial charge < -0.3 is 0 Å². The number of nitriles is 1. The van der Waals surface area contributed by atoms with Crippen molar-refractivity contribution in [3.8, 4) is 6.07 Å². The van der Waals surface area contributed by atoms with Crippen molar-refractivity contribution in [2.75, 3.05) is 0 Å². The van der Waals surface area contributed by atoms with Gasteiger partial charge in [0.05, 0.1) is 16.4 Å². The molecule has 0 aliphatic carbocycles. The zero-order valence-electron chi connectivity index (χ0n) is 5.91. The van der Waals surface area contributed by atoms with E-state index >= 15 is 0 Å². The van der Waals surface area contributed by atoms with E-state index in [1.54, 1.807) is 12.1 Å². The molecule has 0 amide bonds. The molecule has 0 N–H and O–H groups in total. The molecular formula is C8H3IN2S. The third-order valence-corrected chi connectivity index (χ3v) is 2.01. The molecule has 4 heteroatoms. The van der Waals surface area contributed by atoms with Crippen molar-refractivity contribution in [2.24, 2.45) is 4.99 Å². The van der Waals surface area contributed by atoms with Crippen molar-refractivity contribution in [1.82, 2.24) is 0 Å². The average molecular weight is 286 g/mol. The molecule has 1 aromatic rings. The van der Waals surface area contributed by atoms with E-state index in [0.717, 1.165) is 3.57 Å². The Labute approximate surface area is 89.1 Å². The Balaban J connectivity index is 3.31. The van der Waals surface area contributed by atoms with Crippen molar-refractivity contribution in [2.45, 2.75) is 0 Å². The molecule has 1 rings (SSSR count). The Morgan fingerprint density at radius 1 is 1.50 bits per heavy atom. The van der Waals surface area contributed by atoms with Crippen LogP contribution < -0.4 is 0 Å². The summed E-state index contributed by atoms with van der Waals surface area (Å²) in [4.78, 5) is 3.76. The second kappa shape index (κ2) is 4.31. The van der Waals surface area contributed by atoms with Gasteiger partial charge in [-0.2, -0.15) is 10.3 Å². The fraction of sp³-hybridized carbons (Fsp3) is 0. The van der Waals surface area contributed by atoms with Crippen LogP contribution >= 0.6 is 34.8 Å². The molecule has 0 unspecified atom stereocenters. The predicted octanol–water partition coefficient (Wildman–Crippen LogP) is 2.90. The summed E-state index contributed by atoms with van der Waals surface area (Å²) in [6, 6.07) is 7.41. The Hall–Kier alpha value is -0.760. The van der Waals surface area contributed by atoms with Crippen LogP contribution in [-0.2, 0) is 0 Å². The van der Waals surface area contributed by atoms with Gasteiger partial charge in [0.1, 0.15) is 6.07 Å². The highest BCUT2D eigenvalue weighted by Crippen LogP contribution is 2.19. The number of aliphatic imine (C=N–C) groups is 1. The number of benzene rings is 1. The fourth-order valence-electron chi connectivity index (χ4n) is 0.744. The molecule has 12 heavy (non-hydrogen) atoms. The molecule has 0 fully saturated rings. The lowest BCUT2D eigenvalue weighted by molar-refractivity contribution is 1.44. The summed E-state index contributed by atoms with van der Waals surface area (Å²) in [5, 5.41) is 10.9. The van der Waals surface area contributed by atoms with Gasteiger partial charge in [0.25, 0.3) is 0 Å². The second-order valence-electron chi connectivity index (χ2n) is 1.98. The summed E-state index contributed by atoms with van der Waals surface area (Å²) in [7, 11) is 0. The minimum atomic E-state index is 0.527. The number of rotatable bonds is 1. The van der Waals surface area contributed by atoms with Gasteiger partial charge in [0, 0.05) is 3.57 Å². The van der Waals surface area contributed by atoms with Crippen LogP contribution in [0.25, 0.3) is 0 Å². The van der Waals surface area contributed by atoms with Gasteiger partial charge in [0.2, 0.25) is 0 Å². The van der Waals surface area contributed by atoms with Gasteiger partial charge in [-0.1, -0.05) is 0 Å². The molecule has 0 aliphatic rings. The molecule has 2 nitrogen and oxygen atoms in total. The average Bonchev–Trinajstić information content (AvgIpc) is 2.08. The highest BCUT2D eigenvalue weighted by atomic mass is 127. The van der Waals surface area contributed by atoms with E-state index in [1.165, 1.54) is 0 Å². The third-order valence-electron chi connectivity index (χ3n) is 1.25. The first-order chi connectivity index (χ1) is 5.77. The zero-order chi connectivity index (χ0) is 8.97. The van der Waals surface area contributed by atoms with Crippen molar-refractivity contribution < 1.29 is 0 Å². The van der Waals surface area contributed by atoms with E-state index in [9.17, 15) is 0 Å². The van der Waals surface area contributed by atoms with Crippen LogP contribution in [0.15, 0.2) is 23.2 Å². The lowest BCUT2D eigenvalue weighted by atomic mass is 10.2. The molecule has 0 heterocycles. The van der Waals surface area contributed by atoms with E-state index in [-0.39, 0.29) is 0 Å². The standard InChI is InChI=1S/C8H3IN2S/c9-7-1-2-8(11-5-12)6(3-7)4-10/h1-3H. The maximum Gasteiger partial charge on any atom is 0.101 e. The lowest BCUT2D eigenvalue weighted by Gasteiger charge is -1.94. The Kier molecular flexibility index (Phi) is 3.35. The topological polar surface area (TPSA) is 36.1 Å². The number of halogens is 1. The van der Waals surface area contributed by atoms with Crippen molar-refractivity contribution in [3.63, 3.8) is 0 Å². The third kappa shape index (κ3) is 2.11. The highest BCUT2D eigenvalue weighted by Gasteiger charge is 1.99. The molecule has 0 radical (unpaired) electrons. The van der Waals surface area contributed by atoms with Crippen LogP contribution in [0.4, 0.5) is 5.69 Å². The quantitative estimate of drug-likeness (QED) is 0.452. The lowest BCUT2D eigenvalue weighted by Crippen LogP contribution is -1.77. The molecule has 0 aromatic heterocycles. The summed E-state index contributed by atoms with van der Waals surface area (Å²) in [6.45, 7) is 0. The number of isothiocyanates is 1. The number of hydrogen-bond acceptors (Lipinski definition) is 3.